The van der Waals surface area contributed by atoms with Crippen molar-refractivity contribution in [2.24, 2.45) is 0 Å². The molecular formula is C16H25BrFN3. The van der Waals surface area contributed by atoms with E-state index in [0.717, 1.165) is 37.2 Å². The van der Waals surface area contributed by atoms with E-state index in [1.807, 2.05) is 6.07 Å². The summed E-state index contributed by atoms with van der Waals surface area (Å²) in [5, 5.41) is 3.40. The molecule has 118 valence electrons. The van der Waals surface area contributed by atoms with Gasteiger partial charge in [0.05, 0.1) is 0 Å². The zero-order chi connectivity index (χ0) is 15.5. The first-order chi connectivity index (χ1) is 9.88. The Bertz CT molecular complexity index is 471. The summed E-state index contributed by atoms with van der Waals surface area (Å²) in [6, 6.07) is 5.07. The average molecular weight is 358 g/mol. The Labute approximate surface area is 135 Å². The number of rotatable bonds is 5. The third-order valence-electron chi connectivity index (χ3n) is 4.24. The SMILES string of the molecule is CN1CCN(C(C)(C)CNCc2cc(Br)ccc2F)CC1. The van der Waals surface area contributed by atoms with Crippen molar-refractivity contribution in [2.45, 2.75) is 25.9 Å². The zero-order valence-corrected chi connectivity index (χ0v) is 14.7. The van der Waals surface area contributed by atoms with Crippen molar-refractivity contribution < 1.29 is 4.39 Å². The minimum Gasteiger partial charge on any atom is -0.311 e. The Morgan fingerprint density at radius 2 is 1.90 bits per heavy atom. The van der Waals surface area contributed by atoms with Gasteiger partial charge in [0.25, 0.3) is 0 Å². The van der Waals surface area contributed by atoms with E-state index >= 15 is 0 Å². The second-order valence-electron chi connectivity index (χ2n) is 6.44. The van der Waals surface area contributed by atoms with Gasteiger partial charge in [-0.15, -0.1) is 0 Å². The van der Waals surface area contributed by atoms with Gasteiger partial charge in [-0.05, 0) is 39.1 Å². The van der Waals surface area contributed by atoms with Crippen molar-refractivity contribution in [3.8, 4) is 0 Å². The summed E-state index contributed by atoms with van der Waals surface area (Å²) in [6.07, 6.45) is 0. The van der Waals surface area contributed by atoms with Gasteiger partial charge in [0.1, 0.15) is 5.82 Å². The molecule has 3 nitrogen and oxygen atoms in total. The van der Waals surface area contributed by atoms with Gasteiger partial charge in [-0.2, -0.15) is 0 Å². The standard InChI is InChI=1S/C16H25BrFN3/c1-16(2,21-8-6-20(3)7-9-21)12-19-11-13-10-14(17)4-5-15(13)18/h4-5,10,19H,6-9,11-12H2,1-3H3. The van der Waals surface area contributed by atoms with Crippen molar-refractivity contribution in [3.63, 3.8) is 0 Å². The number of nitrogens with one attached hydrogen (secondary N) is 1. The Kier molecular flexibility index (Phi) is 5.77. The predicted octanol–water partition coefficient (Wildman–Crippen LogP) is 2.70. The summed E-state index contributed by atoms with van der Waals surface area (Å²) < 4.78 is 14.6. The maximum Gasteiger partial charge on any atom is 0.127 e. The van der Waals surface area contributed by atoms with Crippen LogP contribution < -0.4 is 5.32 Å². The van der Waals surface area contributed by atoms with Crippen LogP contribution in [0.2, 0.25) is 0 Å². The fourth-order valence-electron chi connectivity index (χ4n) is 2.71. The van der Waals surface area contributed by atoms with Gasteiger partial charge >= 0.3 is 0 Å². The molecule has 0 atom stereocenters. The second kappa shape index (κ2) is 7.18. The van der Waals surface area contributed by atoms with E-state index < -0.39 is 0 Å². The Balaban J connectivity index is 1.85. The quantitative estimate of drug-likeness (QED) is 0.873. The largest absolute Gasteiger partial charge is 0.311 e. The third kappa shape index (κ3) is 4.74. The van der Waals surface area contributed by atoms with Gasteiger partial charge in [-0.25, -0.2) is 4.39 Å². The van der Waals surface area contributed by atoms with Gasteiger partial charge in [0.15, 0.2) is 0 Å². The molecular weight excluding hydrogens is 333 g/mol. The monoisotopic (exact) mass is 357 g/mol. The molecule has 1 saturated heterocycles. The first-order valence-corrected chi connectivity index (χ1v) is 8.26. The van der Waals surface area contributed by atoms with Crippen LogP contribution in [0.1, 0.15) is 19.4 Å². The van der Waals surface area contributed by atoms with Crippen molar-refractivity contribution in [3.05, 3.63) is 34.1 Å². The zero-order valence-electron chi connectivity index (χ0n) is 13.1. The molecule has 0 unspecified atom stereocenters. The van der Waals surface area contributed by atoms with Gasteiger partial charge in [-0.3, -0.25) is 4.90 Å². The Morgan fingerprint density at radius 1 is 1.24 bits per heavy atom. The highest BCUT2D eigenvalue weighted by molar-refractivity contribution is 9.10. The van der Waals surface area contributed by atoms with Gasteiger partial charge < -0.3 is 10.2 Å². The molecule has 1 aliphatic rings. The van der Waals surface area contributed by atoms with E-state index in [4.69, 9.17) is 0 Å². The molecule has 0 aliphatic carbocycles. The summed E-state index contributed by atoms with van der Waals surface area (Å²) in [4.78, 5) is 4.87. The molecule has 1 aliphatic heterocycles. The molecule has 5 heteroatoms. The van der Waals surface area contributed by atoms with Crippen molar-refractivity contribution >= 4 is 15.9 Å². The molecule has 1 aromatic carbocycles. The average Bonchev–Trinajstić information content (AvgIpc) is 2.43. The van der Waals surface area contributed by atoms with Crippen LogP contribution in [0.4, 0.5) is 4.39 Å². The summed E-state index contributed by atoms with van der Waals surface area (Å²) in [6.45, 7) is 10.3. The molecule has 0 bridgehead atoms. The fourth-order valence-corrected chi connectivity index (χ4v) is 3.11. The van der Waals surface area contributed by atoms with E-state index in [-0.39, 0.29) is 11.4 Å². The van der Waals surface area contributed by atoms with Gasteiger partial charge in [0, 0.05) is 54.8 Å². The van der Waals surface area contributed by atoms with Crippen molar-refractivity contribution in [1.29, 1.82) is 0 Å². The number of benzene rings is 1. The molecule has 0 spiro atoms. The number of likely N-dealkylation sites (N-methyl/N-ethyl adjacent to an activating group) is 1. The fraction of sp³-hybridized carbons (Fsp3) is 0.625. The highest BCUT2D eigenvalue weighted by atomic mass is 79.9. The summed E-state index contributed by atoms with van der Waals surface area (Å²) in [7, 11) is 2.17. The first-order valence-electron chi connectivity index (χ1n) is 7.47. The van der Waals surface area contributed by atoms with Gasteiger partial charge in [-0.1, -0.05) is 15.9 Å². The molecule has 0 amide bonds. The molecule has 0 saturated carbocycles. The normalized spacial score (nSPS) is 18.1. The molecule has 0 aromatic heterocycles. The lowest BCUT2D eigenvalue weighted by Crippen LogP contribution is -2.57. The van der Waals surface area contributed by atoms with Crippen LogP contribution >= 0.6 is 15.9 Å². The lowest BCUT2D eigenvalue weighted by molar-refractivity contribution is 0.0617. The Morgan fingerprint density at radius 3 is 2.57 bits per heavy atom. The Hall–Kier alpha value is -0.490. The summed E-state index contributed by atoms with van der Waals surface area (Å²) in [5.41, 5.74) is 0.794. The number of halogens is 2. The van der Waals surface area contributed by atoms with Crippen molar-refractivity contribution in [2.75, 3.05) is 39.8 Å². The predicted molar refractivity (Wildman–Crippen MR) is 89.0 cm³/mol. The maximum atomic E-state index is 13.7. The van der Waals surface area contributed by atoms with Crippen LogP contribution in [-0.4, -0.2) is 55.1 Å². The molecule has 21 heavy (non-hydrogen) atoms. The van der Waals surface area contributed by atoms with Gasteiger partial charge in [0.2, 0.25) is 0 Å². The van der Waals surface area contributed by atoms with Crippen LogP contribution in [0.15, 0.2) is 22.7 Å². The molecule has 1 fully saturated rings. The van der Waals surface area contributed by atoms with E-state index in [1.165, 1.54) is 6.07 Å². The molecule has 2 rings (SSSR count). The van der Waals surface area contributed by atoms with E-state index in [0.29, 0.717) is 12.1 Å². The van der Waals surface area contributed by atoms with E-state index in [1.54, 1.807) is 6.07 Å². The van der Waals surface area contributed by atoms with Crippen LogP contribution in [0.25, 0.3) is 0 Å². The first kappa shape index (κ1) is 16.9. The van der Waals surface area contributed by atoms with Crippen LogP contribution in [0.3, 0.4) is 0 Å². The summed E-state index contributed by atoms with van der Waals surface area (Å²) >= 11 is 3.39. The maximum absolute atomic E-state index is 13.7. The minimum absolute atomic E-state index is 0.0871. The third-order valence-corrected chi connectivity index (χ3v) is 4.73. The number of nitrogens with zero attached hydrogens (tertiary/aromatic N) is 2. The van der Waals surface area contributed by atoms with E-state index in [2.05, 4.69) is 51.9 Å². The van der Waals surface area contributed by atoms with Crippen LogP contribution in [-0.2, 0) is 6.54 Å². The van der Waals surface area contributed by atoms with Crippen LogP contribution in [0, 0.1) is 5.82 Å². The molecule has 1 N–H and O–H groups in total. The lowest BCUT2D eigenvalue weighted by Gasteiger charge is -2.43. The topological polar surface area (TPSA) is 18.5 Å². The van der Waals surface area contributed by atoms with E-state index in [9.17, 15) is 4.39 Å². The smallest absolute Gasteiger partial charge is 0.127 e. The molecule has 1 aromatic rings. The minimum atomic E-state index is -0.150. The molecule has 0 radical (unpaired) electrons. The highest BCUT2D eigenvalue weighted by Crippen LogP contribution is 2.18. The highest BCUT2D eigenvalue weighted by Gasteiger charge is 2.28. The number of piperazine rings is 1. The number of hydrogen-bond acceptors (Lipinski definition) is 3. The van der Waals surface area contributed by atoms with Crippen LogP contribution in [0.5, 0.6) is 0 Å². The molecule has 1 heterocycles. The number of hydrogen-bond donors (Lipinski definition) is 1. The summed E-state index contributed by atoms with van der Waals surface area (Å²) in [5.74, 6) is -0.150. The lowest BCUT2D eigenvalue weighted by atomic mass is 10.0. The van der Waals surface area contributed by atoms with Crippen molar-refractivity contribution in [1.82, 2.24) is 15.1 Å². The second-order valence-corrected chi connectivity index (χ2v) is 7.36.